The monoisotopic (exact) mass is 240 g/mol. The number of hydroxylamine groups is 1. The van der Waals surface area contributed by atoms with E-state index in [0.717, 1.165) is 0 Å². The van der Waals surface area contributed by atoms with E-state index in [0.29, 0.717) is 10.6 Å². The predicted molar refractivity (Wildman–Crippen MR) is 58.6 cm³/mol. The molecule has 1 aromatic rings. The Morgan fingerprint density at radius 1 is 1.62 bits per heavy atom. The average Bonchev–Trinajstić information content (AvgIpc) is 2.66. The molecule has 0 radical (unpaired) electrons. The van der Waals surface area contributed by atoms with Crippen LogP contribution in [0.3, 0.4) is 0 Å². The first-order valence-corrected chi connectivity index (χ1v) is 4.98. The van der Waals surface area contributed by atoms with Gasteiger partial charge in [0.1, 0.15) is 12.4 Å². The Kier molecular flexibility index (Phi) is 3.07. The average molecular weight is 241 g/mol. The third-order valence-corrected chi connectivity index (χ3v) is 2.33. The van der Waals surface area contributed by atoms with Crippen molar-refractivity contribution in [1.29, 1.82) is 0 Å². The van der Waals surface area contributed by atoms with Crippen molar-refractivity contribution in [2.45, 2.75) is 6.04 Å². The summed E-state index contributed by atoms with van der Waals surface area (Å²) in [5.41, 5.74) is 2.66. The fraction of sp³-hybridized carbons (Fsp3) is 0.200. The first-order chi connectivity index (χ1) is 7.66. The van der Waals surface area contributed by atoms with Crippen LogP contribution in [0.1, 0.15) is 5.56 Å². The first kappa shape index (κ1) is 10.9. The molecule has 0 unspecified atom stereocenters. The molecule has 1 aliphatic rings. The highest BCUT2D eigenvalue weighted by Gasteiger charge is 2.23. The van der Waals surface area contributed by atoms with Crippen LogP contribution in [0.25, 0.3) is 0 Å². The molecule has 1 heterocycles. The number of phenolic OH excluding ortho intramolecular Hbond substituents is 1. The number of halogens is 1. The highest BCUT2D eigenvalue weighted by atomic mass is 35.5. The van der Waals surface area contributed by atoms with Crippen molar-refractivity contribution < 1.29 is 14.7 Å². The van der Waals surface area contributed by atoms with Gasteiger partial charge in [0.15, 0.2) is 6.04 Å². The molecule has 6 heteroatoms. The van der Waals surface area contributed by atoms with Crippen molar-refractivity contribution in [3.05, 3.63) is 28.8 Å². The van der Waals surface area contributed by atoms with Gasteiger partial charge in [0.05, 0.1) is 0 Å². The summed E-state index contributed by atoms with van der Waals surface area (Å²) in [7, 11) is 0. The standard InChI is InChI=1S/C10H9ClN2O3/c11-7-1-2-9(14)6(3-7)4-12-8-5-16-13-10(8)15/h1-4,8,14H,5H2,(H,13,15)/t8-/m0/s1. The fourth-order valence-electron chi connectivity index (χ4n) is 1.25. The summed E-state index contributed by atoms with van der Waals surface area (Å²) in [6.45, 7) is 0.191. The smallest absolute Gasteiger partial charge is 0.270 e. The van der Waals surface area contributed by atoms with Crippen LogP contribution in [0.4, 0.5) is 0 Å². The van der Waals surface area contributed by atoms with Crippen LogP contribution >= 0.6 is 11.6 Å². The molecule has 16 heavy (non-hydrogen) atoms. The molecule has 2 N–H and O–H groups in total. The number of phenols is 1. The zero-order valence-electron chi connectivity index (χ0n) is 8.18. The van der Waals surface area contributed by atoms with E-state index in [2.05, 4.69) is 10.5 Å². The second-order valence-electron chi connectivity index (χ2n) is 3.27. The van der Waals surface area contributed by atoms with Gasteiger partial charge < -0.3 is 5.11 Å². The van der Waals surface area contributed by atoms with Gasteiger partial charge >= 0.3 is 0 Å². The van der Waals surface area contributed by atoms with Gasteiger partial charge in [-0.3, -0.25) is 14.6 Å². The van der Waals surface area contributed by atoms with Gasteiger partial charge in [-0.15, -0.1) is 0 Å². The molecule has 0 spiro atoms. The lowest BCUT2D eigenvalue weighted by Gasteiger charge is -2.00. The number of benzene rings is 1. The maximum atomic E-state index is 11.1. The summed E-state index contributed by atoms with van der Waals surface area (Å²) >= 11 is 5.76. The van der Waals surface area contributed by atoms with Gasteiger partial charge in [-0.25, -0.2) is 5.48 Å². The van der Waals surface area contributed by atoms with E-state index in [1.54, 1.807) is 12.1 Å². The summed E-state index contributed by atoms with van der Waals surface area (Å²) in [6.07, 6.45) is 1.40. The topological polar surface area (TPSA) is 70.9 Å². The van der Waals surface area contributed by atoms with Gasteiger partial charge in [0.25, 0.3) is 5.91 Å². The zero-order valence-corrected chi connectivity index (χ0v) is 8.94. The molecular weight excluding hydrogens is 232 g/mol. The number of amides is 1. The number of carbonyl (C=O) groups excluding carboxylic acids is 1. The number of carbonyl (C=O) groups is 1. The molecule has 5 nitrogen and oxygen atoms in total. The Labute approximate surface area is 96.7 Å². The molecule has 1 atom stereocenters. The second-order valence-corrected chi connectivity index (χ2v) is 3.71. The van der Waals surface area contributed by atoms with Crippen LogP contribution in [0.2, 0.25) is 5.02 Å². The molecule has 1 amide bonds. The Hall–Kier alpha value is -1.59. The number of nitrogens with one attached hydrogen (secondary N) is 1. The van der Waals surface area contributed by atoms with E-state index in [1.165, 1.54) is 12.3 Å². The summed E-state index contributed by atoms with van der Waals surface area (Å²) in [6, 6.07) is 4.03. The Bertz CT molecular complexity index is 448. The van der Waals surface area contributed by atoms with Crippen LogP contribution in [0.15, 0.2) is 23.2 Å². The number of nitrogens with zero attached hydrogens (tertiary/aromatic N) is 1. The van der Waals surface area contributed by atoms with E-state index < -0.39 is 6.04 Å². The van der Waals surface area contributed by atoms with Crippen molar-refractivity contribution in [2.24, 2.45) is 4.99 Å². The van der Waals surface area contributed by atoms with Crippen molar-refractivity contribution in [3.63, 3.8) is 0 Å². The maximum absolute atomic E-state index is 11.1. The van der Waals surface area contributed by atoms with E-state index in [9.17, 15) is 9.90 Å². The zero-order chi connectivity index (χ0) is 11.5. The number of rotatable bonds is 2. The Morgan fingerprint density at radius 2 is 2.44 bits per heavy atom. The van der Waals surface area contributed by atoms with E-state index in [-0.39, 0.29) is 18.3 Å². The highest BCUT2D eigenvalue weighted by molar-refractivity contribution is 6.30. The minimum atomic E-state index is -0.571. The quantitative estimate of drug-likeness (QED) is 0.755. The molecule has 2 rings (SSSR count). The van der Waals surface area contributed by atoms with E-state index >= 15 is 0 Å². The van der Waals surface area contributed by atoms with Gasteiger partial charge in [-0.1, -0.05) is 11.6 Å². The second kappa shape index (κ2) is 4.51. The van der Waals surface area contributed by atoms with Crippen LogP contribution in [0.5, 0.6) is 5.75 Å². The highest BCUT2D eigenvalue weighted by Crippen LogP contribution is 2.19. The molecule has 0 saturated carbocycles. The van der Waals surface area contributed by atoms with Crippen molar-refractivity contribution in [1.82, 2.24) is 5.48 Å². The SMILES string of the molecule is O=C1NOC[C@@H]1N=Cc1cc(Cl)ccc1O. The lowest BCUT2D eigenvalue weighted by Crippen LogP contribution is -2.21. The molecule has 1 aliphatic heterocycles. The van der Waals surface area contributed by atoms with Crippen molar-refractivity contribution in [2.75, 3.05) is 6.61 Å². The Morgan fingerprint density at radius 3 is 3.12 bits per heavy atom. The van der Waals surface area contributed by atoms with E-state index in [4.69, 9.17) is 16.4 Å². The van der Waals surface area contributed by atoms with Crippen LogP contribution in [-0.4, -0.2) is 29.9 Å². The Balaban J connectivity index is 2.16. The number of aliphatic imine (C=N–C) groups is 1. The lowest BCUT2D eigenvalue weighted by atomic mass is 10.2. The predicted octanol–water partition coefficient (Wildman–Crippen LogP) is 0.894. The minimum absolute atomic E-state index is 0.0625. The molecular formula is C10H9ClN2O3. The van der Waals surface area contributed by atoms with Crippen molar-refractivity contribution >= 4 is 23.7 Å². The molecule has 0 bridgehead atoms. The summed E-state index contributed by atoms with van der Waals surface area (Å²) < 4.78 is 0. The largest absolute Gasteiger partial charge is 0.507 e. The molecule has 1 aromatic carbocycles. The third kappa shape index (κ3) is 2.32. The first-order valence-electron chi connectivity index (χ1n) is 4.60. The summed E-state index contributed by atoms with van der Waals surface area (Å²) in [5, 5.41) is 9.99. The van der Waals surface area contributed by atoms with Gasteiger partial charge in [-0.2, -0.15) is 0 Å². The molecule has 1 fully saturated rings. The number of hydrogen-bond donors (Lipinski definition) is 2. The molecule has 0 aliphatic carbocycles. The van der Waals surface area contributed by atoms with Crippen molar-refractivity contribution in [3.8, 4) is 5.75 Å². The summed E-state index contributed by atoms with van der Waals surface area (Å²) in [5.74, 6) is -0.231. The van der Waals surface area contributed by atoms with Crippen LogP contribution in [-0.2, 0) is 9.63 Å². The number of aromatic hydroxyl groups is 1. The third-order valence-electron chi connectivity index (χ3n) is 2.10. The van der Waals surface area contributed by atoms with Crippen LogP contribution < -0.4 is 5.48 Å². The van der Waals surface area contributed by atoms with Gasteiger partial charge in [0.2, 0.25) is 0 Å². The summed E-state index contributed by atoms with van der Waals surface area (Å²) in [4.78, 5) is 19.8. The molecule has 84 valence electrons. The normalized spacial score (nSPS) is 20.3. The van der Waals surface area contributed by atoms with Gasteiger partial charge in [0, 0.05) is 16.8 Å². The number of hydrogen-bond acceptors (Lipinski definition) is 4. The fourth-order valence-corrected chi connectivity index (χ4v) is 1.43. The maximum Gasteiger partial charge on any atom is 0.270 e. The van der Waals surface area contributed by atoms with Crippen LogP contribution in [0, 0.1) is 0 Å². The molecule has 1 saturated heterocycles. The van der Waals surface area contributed by atoms with Gasteiger partial charge in [-0.05, 0) is 18.2 Å². The molecule has 0 aromatic heterocycles. The minimum Gasteiger partial charge on any atom is -0.507 e. The lowest BCUT2D eigenvalue weighted by molar-refractivity contribution is -0.124. The van der Waals surface area contributed by atoms with E-state index in [1.807, 2.05) is 0 Å².